The van der Waals surface area contributed by atoms with Gasteiger partial charge in [-0.2, -0.15) is 0 Å². The molecule has 1 atom stereocenters. The van der Waals surface area contributed by atoms with E-state index in [2.05, 4.69) is 56.2 Å². The first-order valence-corrected chi connectivity index (χ1v) is 9.22. The van der Waals surface area contributed by atoms with Gasteiger partial charge in [-0.05, 0) is 46.6 Å². The van der Waals surface area contributed by atoms with Crippen molar-refractivity contribution in [2.75, 3.05) is 0 Å². The molecule has 0 radical (unpaired) electrons. The molecule has 3 rings (SSSR count). The summed E-state index contributed by atoms with van der Waals surface area (Å²) in [5, 5.41) is 1.80. The van der Waals surface area contributed by atoms with Gasteiger partial charge in [0.15, 0.2) is 0 Å². The Morgan fingerprint density at radius 1 is 0.926 bits per heavy atom. The molecule has 0 saturated carbocycles. The van der Waals surface area contributed by atoms with Crippen LogP contribution in [0.2, 0.25) is 0 Å². The SMILES string of the molecule is C=C1/C=C\C=C/CC2=CC=CCC2/C(c2nccc(=C)ccccc2=C)=C\1. The number of hydrogen-bond acceptors (Lipinski definition) is 1. The third-order valence-corrected chi connectivity index (χ3v) is 4.68. The smallest absolute Gasteiger partial charge is 0.0734 e. The van der Waals surface area contributed by atoms with Crippen LogP contribution in [0, 0.1) is 5.92 Å². The maximum absolute atomic E-state index is 4.78. The molecular formula is C26H25N. The molecule has 27 heavy (non-hydrogen) atoms. The van der Waals surface area contributed by atoms with Gasteiger partial charge in [0.05, 0.1) is 5.69 Å². The summed E-state index contributed by atoms with van der Waals surface area (Å²) in [6.45, 7) is 12.5. The summed E-state index contributed by atoms with van der Waals surface area (Å²) in [6, 6.07) is 9.83. The van der Waals surface area contributed by atoms with Crippen LogP contribution in [-0.2, 0) is 0 Å². The molecule has 1 aromatic rings. The molecule has 1 heteroatoms. The zero-order valence-corrected chi connectivity index (χ0v) is 15.6. The van der Waals surface area contributed by atoms with Gasteiger partial charge in [0.25, 0.3) is 0 Å². The molecule has 0 saturated heterocycles. The Bertz CT molecular complexity index is 1030. The van der Waals surface area contributed by atoms with Gasteiger partial charge in [-0.1, -0.05) is 92.1 Å². The van der Waals surface area contributed by atoms with Gasteiger partial charge in [-0.15, -0.1) is 0 Å². The molecule has 2 aliphatic carbocycles. The lowest BCUT2D eigenvalue weighted by molar-refractivity contribution is 0.758. The van der Waals surface area contributed by atoms with Gasteiger partial charge in [-0.3, -0.25) is 4.98 Å². The van der Waals surface area contributed by atoms with Crippen LogP contribution < -0.4 is 10.4 Å². The first-order valence-electron chi connectivity index (χ1n) is 9.22. The summed E-state index contributed by atoms with van der Waals surface area (Å²) >= 11 is 0. The van der Waals surface area contributed by atoms with Crippen molar-refractivity contribution in [3.63, 3.8) is 0 Å². The Kier molecular flexibility index (Phi) is 6.17. The van der Waals surface area contributed by atoms with Gasteiger partial charge >= 0.3 is 0 Å². The van der Waals surface area contributed by atoms with Crippen LogP contribution >= 0.6 is 0 Å². The van der Waals surface area contributed by atoms with Gasteiger partial charge in [0.1, 0.15) is 0 Å². The third kappa shape index (κ3) is 4.92. The standard InChI is InChI=1S/C26H25N/c1-20-11-7-8-13-22(3)26(27-18-17-20)25-19-21(2)12-5-4-6-14-23-15-9-10-16-24(23)25/h4-13,15,17-19,24H,1-3,14,16H2/b6-4-,11-7?,12-5-,13-8?,18-17?,25-19+,27-26?. The normalized spacial score (nSPS) is 23.1. The van der Waals surface area contributed by atoms with Gasteiger partial charge < -0.3 is 0 Å². The predicted molar refractivity (Wildman–Crippen MR) is 118 cm³/mol. The van der Waals surface area contributed by atoms with E-state index in [1.165, 1.54) is 5.57 Å². The predicted octanol–water partition coefficient (Wildman–Crippen LogP) is 4.98. The van der Waals surface area contributed by atoms with Crippen molar-refractivity contribution >= 4 is 18.7 Å². The summed E-state index contributed by atoms with van der Waals surface area (Å²) in [7, 11) is 0. The Morgan fingerprint density at radius 2 is 1.78 bits per heavy atom. The minimum Gasteiger partial charge on any atom is -0.256 e. The molecule has 1 nitrogen and oxygen atoms in total. The number of hydrogen-bond donors (Lipinski definition) is 0. The minimum absolute atomic E-state index is 0.266. The zero-order chi connectivity index (χ0) is 19.1. The van der Waals surface area contributed by atoms with E-state index in [0.717, 1.165) is 40.1 Å². The lowest BCUT2D eigenvalue weighted by Crippen LogP contribution is -2.16. The van der Waals surface area contributed by atoms with Crippen LogP contribution in [0.4, 0.5) is 0 Å². The van der Waals surface area contributed by atoms with Crippen molar-refractivity contribution in [2.45, 2.75) is 12.8 Å². The summed E-state index contributed by atoms with van der Waals surface area (Å²) in [4.78, 5) is 4.78. The number of fused-ring (bicyclic) bond motifs is 1. The quantitative estimate of drug-likeness (QED) is 0.695. The van der Waals surface area contributed by atoms with E-state index in [9.17, 15) is 0 Å². The van der Waals surface area contributed by atoms with Gasteiger partial charge in [-0.25, -0.2) is 0 Å². The third-order valence-electron chi connectivity index (χ3n) is 4.68. The molecule has 0 aliphatic heterocycles. The van der Waals surface area contributed by atoms with E-state index < -0.39 is 0 Å². The number of aromatic nitrogens is 1. The van der Waals surface area contributed by atoms with Crippen LogP contribution in [0.25, 0.3) is 18.7 Å². The average Bonchev–Trinajstić information content (AvgIpc) is 2.67. The van der Waals surface area contributed by atoms with Crippen LogP contribution in [0.15, 0.2) is 103 Å². The lowest BCUT2D eigenvalue weighted by atomic mass is 9.80. The molecule has 1 heterocycles. The first-order chi connectivity index (χ1) is 13.1. The highest BCUT2D eigenvalue weighted by Gasteiger charge is 2.21. The molecule has 0 amide bonds. The van der Waals surface area contributed by atoms with E-state index in [4.69, 9.17) is 4.98 Å². The average molecular weight is 351 g/mol. The highest BCUT2D eigenvalue weighted by Crippen LogP contribution is 2.35. The first kappa shape index (κ1) is 18.6. The summed E-state index contributed by atoms with van der Waals surface area (Å²) in [5.41, 5.74) is 4.39. The summed E-state index contributed by atoms with van der Waals surface area (Å²) in [6.07, 6.45) is 20.8. The highest BCUT2D eigenvalue weighted by molar-refractivity contribution is 5.72. The zero-order valence-electron chi connectivity index (χ0n) is 15.6. The second-order valence-corrected chi connectivity index (χ2v) is 6.74. The largest absolute Gasteiger partial charge is 0.256 e. The van der Waals surface area contributed by atoms with Crippen LogP contribution in [0.1, 0.15) is 18.5 Å². The number of nitrogens with zero attached hydrogens (tertiary/aromatic N) is 1. The summed E-state index contributed by atoms with van der Waals surface area (Å²) in [5.74, 6) is 0.266. The molecule has 0 fully saturated rings. The number of allylic oxidation sites excluding steroid dienone is 11. The maximum Gasteiger partial charge on any atom is 0.0734 e. The lowest BCUT2D eigenvalue weighted by Gasteiger charge is -2.24. The van der Waals surface area contributed by atoms with Crippen LogP contribution in [-0.4, -0.2) is 4.98 Å². The Balaban J connectivity index is 2.25. The molecule has 2 aliphatic rings. The minimum atomic E-state index is 0.266. The van der Waals surface area contributed by atoms with Crippen molar-refractivity contribution in [1.29, 1.82) is 0 Å². The Hall–Kier alpha value is -3.19. The van der Waals surface area contributed by atoms with Crippen LogP contribution in [0.3, 0.4) is 0 Å². The number of rotatable bonds is 1. The molecule has 1 aromatic heterocycles. The van der Waals surface area contributed by atoms with E-state index >= 15 is 0 Å². The molecular weight excluding hydrogens is 326 g/mol. The van der Waals surface area contributed by atoms with E-state index in [0.29, 0.717) is 0 Å². The topological polar surface area (TPSA) is 12.9 Å². The maximum atomic E-state index is 4.78. The molecule has 1 unspecified atom stereocenters. The molecule has 0 spiro atoms. The van der Waals surface area contributed by atoms with Crippen molar-refractivity contribution in [2.24, 2.45) is 5.92 Å². The van der Waals surface area contributed by atoms with Crippen molar-refractivity contribution in [1.82, 2.24) is 4.98 Å². The monoisotopic (exact) mass is 351 g/mol. The molecule has 0 N–H and O–H groups in total. The second-order valence-electron chi connectivity index (χ2n) is 6.74. The molecule has 134 valence electrons. The molecule has 0 bridgehead atoms. The van der Waals surface area contributed by atoms with E-state index in [1.54, 1.807) is 0 Å². The fourth-order valence-electron chi connectivity index (χ4n) is 3.29. The van der Waals surface area contributed by atoms with E-state index in [-0.39, 0.29) is 5.92 Å². The second kappa shape index (κ2) is 8.95. The van der Waals surface area contributed by atoms with Crippen LogP contribution in [0.5, 0.6) is 0 Å². The Labute approximate surface area is 161 Å². The van der Waals surface area contributed by atoms with Gasteiger partial charge in [0, 0.05) is 12.1 Å². The van der Waals surface area contributed by atoms with Crippen molar-refractivity contribution in [3.8, 4) is 0 Å². The highest BCUT2D eigenvalue weighted by atomic mass is 14.7. The fourth-order valence-corrected chi connectivity index (χ4v) is 3.29. The molecule has 0 aromatic carbocycles. The Morgan fingerprint density at radius 3 is 2.67 bits per heavy atom. The summed E-state index contributed by atoms with van der Waals surface area (Å²) < 4.78 is 0. The fraction of sp³-hybridized carbons (Fsp3) is 0.115. The van der Waals surface area contributed by atoms with E-state index in [1.807, 2.05) is 48.7 Å². The van der Waals surface area contributed by atoms with Crippen molar-refractivity contribution < 1.29 is 0 Å². The van der Waals surface area contributed by atoms with Gasteiger partial charge in [0.2, 0.25) is 0 Å². The van der Waals surface area contributed by atoms with Crippen molar-refractivity contribution in [3.05, 3.63) is 119 Å².